The van der Waals surface area contributed by atoms with Crippen molar-refractivity contribution in [2.75, 3.05) is 20.1 Å². The standard InChI is InChI=1S/C17H19N5O/c1-21(13-14-5-3-2-4-6-14)9-8-19-17(23)15-11-20-22-10-7-18-12-16(15)22/h2-7,10-12H,8-9,13H2,1H3,(H,19,23). The molecule has 0 saturated heterocycles. The monoisotopic (exact) mass is 309 g/mol. The summed E-state index contributed by atoms with van der Waals surface area (Å²) in [6.45, 7) is 2.22. The lowest BCUT2D eigenvalue weighted by molar-refractivity contribution is 0.0951. The smallest absolute Gasteiger partial charge is 0.255 e. The summed E-state index contributed by atoms with van der Waals surface area (Å²) < 4.78 is 1.64. The molecule has 6 nitrogen and oxygen atoms in total. The second-order valence-corrected chi connectivity index (χ2v) is 5.44. The average molecular weight is 309 g/mol. The highest BCUT2D eigenvalue weighted by Crippen LogP contribution is 2.08. The van der Waals surface area contributed by atoms with Crippen molar-refractivity contribution in [1.82, 2.24) is 24.8 Å². The van der Waals surface area contributed by atoms with Crippen LogP contribution in [0.2, 0.25) is 0 Å². The number of fused-ring (bicyclic) bond motifs is 1. The van der Waals surface area contributed by atoms with E-state index in [1.807, 2.05) is 25.2 Å². The zero-order valence-electron chi connectivity index (χ0n) is 13.0. The summed E-state index contributed by atoms with van der Waals surface area (Å²) in [5.74, 6) is -0.124. The minimum atomic E-state index is -0.124. The van der Waals surface area contributed by atoms with Crippen molar-refractivity contribution in [3.63, 3.8) is 0 Å². The number of hydrogen-bond acceptors (Lipinski definition) is 4. The molecule has 23 heavy (non-hydrogen) atoms. The van der Waals surface area contributed by atoms with E-state index in [0.29, 0.717) is 17.6 Å². The molecule has 0 spiro atoms. The Labute approximate surface area is 134 Å². The van der Waals surface area contributed by atoms with Crippen molar-refractivity contribution in [1.29, 1.82) is 0 Å². The summed E-state index contributed by atoms with van der Waals surface area (Å²) in [4.78, 5) is 18.5. The molecule has 3 rings (SSSR count). The third-order valence-electron chi connectivity index (χ3n) is 3.64. The van der Waals surface area contributed by atoms with E-state index in [1.165, 1.54) is 5.56 Å². The summed E-state index contributed by atoms with van der Waals surface area (Å²) in [6.07, 6.45) is 6.57. The van der Waals surface area contributed by atoms with Gasteiger partial charge in [-0.3, -0.25) is 9.78 Å². The van der Waals surface area contributed by atoms with Crippen molar-refractivity contribution in [2.45, 2.75) is 6.54 Å². The summed E-state index contributed by atoms with van der Waals surface area (Å²) in [7, 11) is 2.04. The first-order valence-electron chi connectivity index (χ1n) is 7.52. The SMILES string of the molecule is CN(CCNC(=O)c1cnn2ccncc12)Cc1ccccc1. The number of carbonyl (C=O) groups is 1. The molecule has 118 valence electrons. The van der Waals surface area contributed by atoms with Crippen molar-refractivity contribution in [3.8, 4) is 0 Å². The minimum Gasteiger partial charge on any atom is -0.351 e. The third-order valence-corrected chi connectivity index (χ3v) is 3.64. The molecule has 2 heterocycles. The van der Waals surface area contributed by atoms with Gasteiger partial charge in [0.15, 0.2) is 0 Å². The first-order valence-corrected chi connectivity index (χ1v) is 7.52. The third kappa shape index (κ3) is 3.73. The first-order chi connectivity index (χ1) is 11.2. The van der Waals surface area contributed by atoms with Gasteiger partial charge in [0.05, 0.1) is 23.5 Å². The Bertz CT molecular complexity index is 784. The normalized spacial score (nSPS) is 11.0. The fourth-order valence-electron chi connectivity index (χ4n) is 2.44. The van der Waals surface area contributed by atoms with E-state index < -0.39 is 0 Å². The molecule has 6 heteroatoms. The minimum absolute atomic E-state index is 0.124. The lowest BCUT2D eigenvalue weighted by Gasteiger charge is -2.16. The van der Waals surface area contributed by atoms with Crippen LogP contribution >= 0.6 is 0 Å². The number of nitrogens with zero attached hydrogens (tertiary/aromatic N) is 4. The van der Waals surface area contributed by atoms with Gasteiger partial charge in [0.25, 0.3) is 5.91 Å². The molecule has 1 aromatic carbocycles. The number of rotatable bonds is 6. The largest absolute Gasteiger partial charge is 0.351 e. The molecule has 2 aromatic heterocycles. The van der Waals surface area contributed by atoms with Gasteiger partial charge in [-0.15, -0.1) is 0 Å². The fraction of sp³-hybridized carbons (Fsp3) is 0.235. The molecular formula is C17H19N5O. The quantitative estimate of drug-likeness (QED) is 0.751. The topological polar surface area (TPSA) is 62.5 Å². The van der Waals surface area contributed by atoms with E-state index in [1.54, 1.807) is 29.3 Å². The highest BCUT2D eigenvalue weighted by molar-refractivity contribution is 6.00. The second-order valence-electron chi connectivity index (χ2n) is 5.44. The van der Waals surface area contributed by atoms with Crippen LogP contribution in [0.1, 0.15) is 15.9 Å². The molecule has 0 bridgehead atoms. The summed E-state index contributed by atoms with van der Waals surface area (Å²) >= 11 is 0. The zero-order chi connectivity index (χ0) is 16.1. The highest BCUT2D eigenvalue weighted by atomic mass is 16.1. The van der Waals surface area contributed by atoms with Gasteiger partial charge in [0.2, 0.25) is 0 Å². The maximum atomic E-state index is 12.2. The maximum absolute atomic E-state index is 12.2. The number of amides is 1. The Morgan fingerprint density at radius 1 is 1.26 bits per heavy atom. The van der Waals surface area contributed by atoms with Crippen LogP contribution in [0.4, 0.5) is 0 Å². The van der Waals surface area contributed by atoms with E-state index in [0.717, 1.165) is 13.1 Å². The van der Waals surface area contributed by atoms with Gasteiger partial charge < -0.3 is 10.2 Å². The van der Waals surface area contributed by atoms with E-state index in [-0.39, 0.29) is 5.91 Å². The van der Waals surface area contributed by atoms with Crippen molar-refractivity contribution >= 4 is 11.4 Å². The van der Waals surface area contributed by atoms with E-state index in [4.69, 9.17) is 0 Å². The number of carbonyl (C=O) groups excluding carboxylic acids is 1. The molecule has 0 fully saturated rings. The summed E-state index contributed by atoms with van der Waals surface area (Å²) in [5.41, 5.74) is 2.52. The molecule has 0 aliphatic rings. The zero-order valence-corrected chi connectivity index (χ0v) is 13.0. The van der Waals surface area contributed by atoms with Crippen LogP contribution in [-0.4, -0.2) is 45.5 Å². The number of hydrogen-bond donors (Lipinski definition) is 1. The van der Waals surface area contributed by atoms with Gasteiger partial charge in [0, 0.05) is 32.0 Å². The second kappa shape index (κ2) is 7.02. The summed E-state index contributed by atoms with van der Waals surface area (Å²) in [6, 6.07) is 10.3. The van der Waals surface area contributed by atoms with Gasteiger partial charge in [-0.1, -0.05) is 30.3 Å². The van der Waals surface area contributed by atoms with Crippen LogP contribution in [0.15, 0.2) is 55.1 Å². The Morgan fingerprint density at radius 2 is 2.09 bits per heavy atom. The Balaban J connectivity index is 1.51. The molecule has 0 aliphatic carbocycles. The van der Waals surface area contributed by atoms with E-state index >= 15 is 0 Å². The van der Waals surface area contributed by atoms with Crippen molar-refractivity contribution in [3.05, 3.63) is 66.2 Å². The maximum Gasteiger partial charge on any atom is 0.255 e. The van der Waals surface area contributed by atoms with Crippen LogP contribution in [0, 0.1) is 0 Å². The average Bonchev–Trinajstić information content (AvgIpc) is 3.00. The number of benzene rings is 1. The lowest BCUT2D eigenvalue weighted by Crippen LogP contribution is -2.32. The molecule has 1 N–H and O–H groups in total. The number of nitrogens with one attached hydrogen (secondary N) is 1. The highest BCUT2D eigenvalue weighted by Gasteiger charge is 2.12. The van der Waals surface area contributed by atoms with Gasteiger partial charge >= 0.3 is 0 Å². The first kappa shape index (κ1) is 15.2. The molecule has 0 unspecified atom stereocenters. The molecule has 0 saturated carbocycles. The molecule has 3 aromatic rings. The predicted octanol–water partition coefficient (Wildman–Crippen LogP) is 1.59. The molecule has 1 amide bonds. The van der Waals surface area contributed by atoms with Crippen LogP contribution in [0.3, 0.4) is 0 Å². The van der Waals surface area contributed by atoms with E-state index in [9.17, 15) is 4.79 Å². The fourth-order valence-corrected chi connectivity index (χ4v) is 2.44. The predicted molar refractivity (Wildman–Crippen MR) is 88.1 cm³/mol. The van der Waals surface area contributed by atoms with Crippen LogP contribution in [0.5, 0.6) is 0 Å². The van der Waals surface area contributed by atoms with Gasteiger partial charge in [0.1, 0.15) is 0 Å². The molecule has 0 atom stereocenters. The van der Waals surface area contributed by atoms with E-state index in [2.05, 4.69) is 32.4 Å². The Hall–Kier alpha value is -2.73. The van der Waals surface area contributed by atoms with Crippen LogP contribution < -0.4 is 5.32 Å². The molecular weight excluding hydrogens is 290 g/mol. The molecule has 0 aliphatic heterocycles. The van der Waals surface area contributed by atoms with Gasteiger partial charge in [-0.05, 0) is 12.6 Å². The molecule has 0 radical (unpaired) electrons. The van der Waals surface area contributed by atoms with Crippen molar-refractivity contribution < 1.29 is 4.79 Å². The number of aromatic nitrogens is 3. The van der Waals surface area contributed by atoms with Crippen LogP contribution in [0.25, 0.3) is 5.52 Å². The van der Waals surface area contributed by atoms with Gasteiger partial charge in [-0.25, -0.2) is 4.52 Å². The summed E-state index contributed by atoms with van der Waals surface area (Å²) in [5, 5.41) is 7.08. The van der Waals surface area contributed by atoms with Gasteiger partial charge in [-0.2, -0.15) is 5.10 Å². The Kier molecular flexibility index (Phi) is 4.63. The lowest BCUT2D eigenvalue weighted by atomic mass is 10.2. The van der Waals surface area contributed by atoms with Crippen molar-refractivity contribution in [2.24, 2.45) is 0 Å². The van der Waals surface area contributed by atoms with Crippen LogP contribution in [-0.2, 0) is 6.54 Å². The Morgan fingerprint density at radius 3 is 2.91 bits per heavy atom. The number of likely N-dealkylation sites (N-methyl/N-ethyl adjacent to an activating group) is 1.